The largest absolute Gasteiger partial charge is 0.306 e. The Kier molecular flexibility index (Phi) is 5.89. The lowest BCUT2D eigenvalue weighted by molar-refractivity contribution is 0.117. The Bertz CT molecular complexity index is 139. The van der Waals surface area contributed by atoms with Crippen molar-refractivity contribution in [2.24, 2.45) is 0 Å². The van der Waals surface area contributed by atoms with Gasteiger partial charge in [-0.2, -0.15) is 0 Å². The van der Waals surface area contributed by atoms with Crippen LogP contribution in [0.5, 0.6) is 0 Å². The zero-order valence-corrected chi connectivity index (χ0v) is 7.90. The zero-order chi connectivity index (χ0) is 9.56. The van der Waals surface area contributed by atoms with E-state index in [1.165, 1.54) is 0 Å². The van der Waals surface area contributed by atoms with Gasteiger partial charge < -0.3 is 5.32 Å². The molecule has 0 radical (unpaired) electrons. The maximum Gasteiger partial charge on any atom is 0.257 e. The average molecular weight is 177 g/mol. The van der Waals surface area contributed by atoms with Crippen molar-refractivity contribution in [3.05, 3.63) is 11.6 Å². The molecule has 1 nitrogen and oxygen atoms in total. The molecule has 0 saturated carbocycles. The van der Waals surface area contributed by atoms with Crippen LogP contribution in [-0.4, -0.2) is 19.0 Å². The van der Waals surface area contributed by atoms with Gasteiger partial charge in [-0.25, -0.2) is 8.78 Å². The van der Waals surface area contributed by atoms with E-state index in [1.54, 1.807) is 6.08 Å². The highest BCUT2D eigenvalue weighted by Gasteiger charge is 2.15. The van der Waals surface area contributed by atoms with Gasteiger partial charge in [0.2, 0.25) is 0 Å². The number of allylic oxidation sites excluding steroid dienone is 1. The second-order valence-corrected chi connectivity index (χ2v) is 3.06. The van der Waals surface area contributed by atoms with Gasteiger partial charge in [-0.3, -0.25) is 0 Å². The predicted molar refractivity (Wildman–Crippen MR) is 47.5 cm³/mol. The van der Waals surface area contributed by atoms with Crippen molar-refractivity contribution >= 4 is 0 Å². The Hall–Kier alpha value is -0.440. The Labute approximate surface area is 72.9 Å². The minimum absolute atomic E-state index is 0.638. The van der Waals surface area contributed by atoms with Crippen LogP contribution >= 0.6 is 0 Å². The molecule has 0 aromatic rings. The van der Waals surface area contributed by atoms with Gasteiger partial charge in [0.1, 0.15) is 0 Å². The van der Waals surface area contributed by atoms with Crippen LogP contribution < -0.4 is 5.32 Å². The van der Waals surface area contributed by atoms with Gasteiger partial charge in [-0.15, -0.1) is 0 Å². The van der Waals surface area contributed by atoms with E-state index < -0.39 is 12.5 Å². The number of hydrogen-bond acceptors (Lipinski definition) is 1. The normalized spacial score (nSPS) is 13.2. The highest BCUT2D eigenvalue weighted by atomic mass is 19.3. The van der Waals surface area contributed by atoms with E-state index in [1.807, 2.05) is 20.8 Å². The zero-order valence-electron chi connectivity index (χ0n) is 7.90. The molecule has 3 heteroatoms. The van der Waals surface area contributed by atoms with E-state index in [0.29, 0.717) is 6.54 Å². The molecule has 0 rings (SSSR count). The molecule has 0 saturated heterocycles. The quantitative estimate of drug-likeness (QED) is 0.636. The Morgan fingerprint density at radius 2 is 2.00 bits per heavy atom. The Morgan fingerprint density at radius 3 is 2.33 bits per heavy atom. The first-order valence-corrected chi connectivity index (χ1v) is 4.24. The first-order valence-electron chi connectivity index (χ1n) is 4.24. The van der Waals surface area contributed by atoms with E-state index in [0.717, 1.165) is 12.0 Å². The van der Waals surface area contributed by atoms with Crippen molar-refractivity contribution in [3.8, 4) is 0 Å². The van der Waals surface area contributed by atoms with Crippen molar-refractivity contribution in [3.63, 3.8) is 0 Å². The molecule has 0 aromatic heterocycles. The molecule has 0 aliphatic rings. The lowest BCUT2D eigenvalue weighted by atomic mass is 10.2. The van der Waals surface area contributed by atoms with Gasteiger partial charge in [-0.1, -0.05) is 18.6 Å². The Morgan fingerprint density at radius 1 is 1.42 bits per heavy atom. The number of halogens is 2. The molecule has 0 aliphatic heterocycles. The fourth-order valence-corrected chi connectivity index (χ4v) is 0.891. The molecule has 12 heavy (non-hydrogen) atoms. The van der Waals surface area contributed by atoms with Gasteiger partial charge in [0.05, 0.1) is 6.04 Å². The molecular weight excluding hydrogens is 160 g/mol. The number of alkyl halides is 2. The number of hydrogen-bond donors (Lipinski definition) is 1. The van der Waals surface area contributed by atoms with Crippen LogP contribution in [0.25, 0.3) is 0 Å². The van der Waals surface area contributed by atoms with Crippen LogP contribution in [0.15, 0.2) is 11.6 Å². The minimum atomic E-state index is -2.31. The van der Waals surface area contributed by atoms with Gasteiger partial charge in [0.15, 0.2) is 0 Å². The summed E-state index contributed by atoms with van der Waals surface area (Å²) >= 11 is 0. The Balaban J connectivity index is 3.96. The van der Waals surface area contributed by atoms with E-state index in [9.17, 15) is 8.78 Å². The minimum Gasteiger partial charge on any atom is -0.306 e. The van der Waals surface area contributed by atoms with Gasteiger partial charge in [-0.05, 0) is 26.8 Å². The summed E-state index contributed by atoms with van der Waals surface area (Å²) in [6, 6.07) is -0.782. The first-order chi connectivity index (χ1) is 5.57. The number of nitrogens with one attached hydrogen (secondary N) is 1. The second-order valence-electron chi connectivity index (χ2n) is 3.06. The molecular formula is C9H17F2N. The molecule has 0 fully saturated rings. The van der Waals surface area contributed by atoms with Crippen molar-refractivity contribution in [2.75, 3.05) is 6.54 Å². The highest BCUT2D eigenvalue weighted by Crippen LogP contribution is 2.05. The molecule has 72 valence electrons. The fraction of sp³-hybridized carbons (Fsp3) is 0.778. The summed E-state index contributed by atoms with van der Waals surface area (Å²) < 4.78 is 24.6. The maximum absolute atomic E-state index is 12.3. The van der Waals surface area contributed by atoms with Gasteiger partial charge in [0, 0.05) is 0 Å². The van der Waals surface area contributed by atoms with Crippen LogP contribution in [0.4, 0.5) is 8.78 Å². The smallest absolute Gasteiger partial charge is 0.257 e. The van der Waals surface area contributed by atoms with Crippen LogP contribution in [0.1, 0.15) is 27.2 Å². The molecule has 1 unspecified atom stereocenters. The van der Waals surface area contributed by atoms with Crippen LogP contribution in [-0.2, 0) is 0 Å². The fourth-order valence-electron chi connectivity index (χ4n) is 0.891. The molecule has 0 spiro atoms. The summed E-state index contributed by atoms with van der Waals surface area (Å²) in [7, 11) is 0. The SMILES string of the molecule is CCCNC(C=C(C)C)C(F)F. The molecule has 0 heterocycles. The summed E-state index contributed by atoms with van der Waals surface area (Å²) in [4.78, 5) is 0. The lowest BCUT2D eigenvalue weighted by Gasteiger charge is -2.13. The van der Waals surface area contributed by atoms with Crippen molar-refractivity contribution in [2.45, 2.75) is 39.7 Å². The summed E-state index contributed by atoms with van der Waals surface area (Å²) in [5, 5.41) is 2.77. The molecule has 0 aromatic carbocycles. The van der Waals surface area contributed by atoms with Crippen LogP contribution in [0, 0.1) is 0 Å². The average Bonchev–Trinajstić information content (AvgIpc) is 1.96. The van der Waals surface area contributed by atoms with Crippen molar-refractivity contribution < 1.29 is 8.78 Å². The summed E-state index contributed by atoms with van der Waals surface area (Å²) in [5.74, 6) is 0. The third-order valence-electron chi connectivity index (χ3n) is 1.41. The molecule has 1 N–H and O–H groups in total. The topological polar surface area (TPSA) is 12.0 Å². The van der Waals surface area contributed by atoms with Crippen molar-refractivity contribution in [1.82, 2.24) is 5.32 Å². The van der Waals surface area contributed by atoms with E-state index in [2.05, 4.69) is 5.32 Å². The molecule has 0 amide bonds. The van der Waals surface area contributed by atoms with Gasteiger partial charge >= 0.3 is 0 Å². The van der Waals surface area contributed by atoms with E-state index >= 15 is 0 Å². The van der Waals surface area contributed by atoms with E-state index in [-0.39, 0.29) is 0 Å². The maximum atomic E-state index is 12.3. The second kappa shape index (κ2) is 6.12. The highest BCUT2D eigenvalue weighted by molar-refractivity contribution is 5.02. The van der Waals surface area contributed by atoms with Crippen molar-refractivity contribution in [1.29, 1.82) is 0 Å². The molecule has 0 aliphatic carbocycles. The summed E-state index contributed by atoms with van der Waals surface area (Å²) in [6.07, 6.45) is 0.131. The number of rotatable bonds is 5. The third kappa shape index (κ3) is 5.24. The van der Waals surface area contributed by atoms with E-state index in [4.69, 9.17) is 0 Å². The lowest BCUT2D eigenvalue weighted by Crippen LogP contribution is -2.34. The standard InChI is InChI=1S/C9H17F2N/c1-4-5-12-8(9(10)11)6-7(2)3/h6,8-9,12H,4-5H2,1-3H3. The monoisotopic (exact) mass is 177 g/mol. The molecule has 1 atom stereocenters. The first kappa shape index (κ1) is 11.6. The van der Waals surface area contributed by atoms with Crippen LogP contribution in [0.3, 0.4) is 0 Å². The van der Waals surface area contributed by atoms with Gasteiger partial charge in [0.25, 0.3) is 6.43 Å². The molecule has 0 bridgehead atoms. The van der Waals surface area contributed by atoms with Crippen LogP contribution in [0.2, 0.25) is 0 Å². The summed E-state index contributed by atoms with van der Waals surface area (Å²) in [5.41, 5.74) is 0.920. The predicted octanol–water partition coefficient (Wildman–Crippen LogP) is 2.59. The third-order valence-corrected chi connectivity index (χ3v) is 1.41. The summed E-state index contributed by atoms with van der Waals surface area (Å²) in [6.45, 7) is 6.24.